The summed E-state index contributed by atoms with van der Waals surface area (Å²) in [5.41, 5.74) is 8.68. The van der Waals surface area contributed by atoms with Gasteiger partial charge in [0.2, 0.25) is 11.6 Å². The summed E-state index contributed by atoms with van der Waals surface area (Å²) < 4.78 is 0. The van der Waals surface area contributed by atoms with Crippen LogP contribution in [0.1, 0.15) is 36.5 Å². The summed E-state index contributed by atoms with van der Waals surface area (Å²) in [5.74, 6) is -6.06. The molecule has 0 aliphatic heterocycles. The molecule has 1 aromatic heterocycles. The van der Waals surface area contributed by atoms with Crippen LogP contribution < -0.4 is 11.5 Å². The Morgan fingerprint density at radius 2 is 1.92 bits per heavy atom. The molecule has 0 spiro atoms. The normalized spacial score (nSPS) is 26.9. The number of primary amides is 1. The van der Waals surface area contributed by atoms with Gasteiger partial charge < -0.3 is 26.8 Å². The number of fused-ring (bicyclic) bond motifs is 3. The van der Waals surface area contributed by atoms with Crippen molar-refractivity contribution in [1.82, 2.24) is 4.98 Å². The molecule has 37 heavy (non-hydrogen) atoms. The number of rotatable bonds is 4. The molecule has 0 radical (unpaired) electrons. The fraction of sp³-hybridized carbons (Fsp3) is 0.308. The van der Waals surface area contributed by atoms with E-state index in [0.29, 0.717) is 17.5 Å². The van der Waals surface area contributed by atoms with Gasteiger partial charge in [-0.3, -0.25) is 19.4 Å². The minimum absolute atomic E-state index is 0.0355. The Morgan fingerprint density at radius 1 is 1.19 bits per heavy atom. The first-order chi connectivity index (χ1) is 17.5. The summed E-state index contributed by atoms with van der Waals surface area (Å²) in [7, 11) is 0. The number of hydrogen-bond donors (Lipinski definition) is 5. The SMILES string of the molecule is CCc1ccncc1-c1ccc(O)c2c1C[C@@]1(N)C[C@H]3CC(N=O)=C(C(N)=O)C(=O)[C@@]3(O)C(=O)C1=C2O. The Hall–Kier alpha value is -4.22. The van der Waals surface area contributed by atoms with Crippen LogP contribution in [0.2, 0.25) is 0 Å². The number of aliphatic hydroxyl groups is 2. The third-order valence-corrected chi connectivity index (χ3v) is 7.77. The van der Waals surface area contributed by atoms with Crippen molar-refractivity contribution in [3.05, 3.63) is 69.0 Å². The number of pyridine rings is 1. The smallest absolute Gasteiger partial charge is 0.254 e. The number of carbonyl (C=O) groups is 3. The molecule has 1 fully saturated rings. The molecule has 3 aliphatic rings. The number of aryl methyl sites for hydroxylation is 1. The quantitative estimate of drug-likeness (QED) is 0.231. The first kappa shape index (κ1) is 24.5. The minimum Gasteiger partial charge on any atom is -0.507 e. The fourth-order valence-electron chi connectivity index (χ4n) is 6.05. The topological polar surface area (TPSA) is 206 Å². The van der Waals surface area contributed by atoms with E-state index in [0.717, 1.165) is 11.1 Å². The number of Topliss-reactive ketones (excluding diaryl/α,β-unsaturated/α-hetero) is 2. The van der Waals surface area contributed by atoms with Crippen LogP contribution in [0.25, 0.3) is 16.9 Å². The lowest BCUT2D eigenvalue weighted by Gasteiger charge is -2.50. The van der Waals surface area contributed by atoms with Crippen molar-refractivity contribution in [2.24, 2.45) is 22.6 Å². The van der Waals surface area contributed by atoms with Crippen LogP contribution in [-0.2, 0) is 27.2 Å². The van der Waals surface area contributed by atoms with Gasteiger partial charge in [0.1, 0.15) is 22.8 Å². The van der Waals surface area contributed by atoms with Crippen molar-refractivity contribution < 1.29 is 29.7 Å². The highest BCUT2D eigenvalue weighted by molar-refractivity contribution is 6.33. The van der Waals surface area contributed by atoms with E-state index < -0.39 is 57.1 Å². The van der Waals surface area contributed by atoms with Gasteiger partial charge in [0.05, 0.1) is 16.7 Å². The van der Waals surface area contributed by atoms with E-state index in [-0.39, 0.29) is 30.6 Å². The number of aliphatic hydroxyl groups excluding tert-OH is 1. The van der Waals surface area contributed by atoms with Crippen molar-refractivity contribution in [2.45, 2.75) is 43.7 Å². The molecule has 2 aromatic rings. The number of benzene rings is 1. The van der Waals surface area contributed by atoms with Crippen molar-refractivity contribution >= 4 is 23.2 Å². The molecular weight excluding hydrogens is 480 g/mol. The van der Waals surface area contributed by atoms with Crippen LogP contribution in [0.5, 0.6) is 5.75 Å². The average molecular weight is 504 g/mol. The number of aromatic hydroxyl groups is 1. The number of allylic oxidation sites excluding steroid dienone is 1. The lowest BCUT2D eigenvalue weighted by atomic mass is 9.55. The molecule has 1 heterocycles. The van der Waals surface area contributed by atoms with E-state index in [1.54, 1.807) is 18.5 Å². The van der Waals surface area contributed by atoms with E-state index >= 15 is 0 Å². The molecule has 11 heteroatoms. The molecule has 1 amide bonds. The number of nitroso groups, excluding NO2 is 1. The number of nitrogens with zero attached hydrogens (tertiary/aromatic N) is 2. The largest absolute Gasteiger partial charge is 0.507 e. The zero-order valence-electron chi connectivity index (χ0n) is 19.8. The van der Waals surface area contributed by atoms with Crippen LogP contribution in [0.15, 0.2) is 52.6 Å². The predicted octanol–water partition coefficient (Wildman–Crippen LogP) is 1.34. The highest BCUT2D eigenvalue weighted by Crippen LogP contribution is 2.53. The molecular formula is C26H24N4O7. The summed E-state index contributed by atoms with van der Waals surface area (Å²) in [6, 6.07) is 4.89. The van der Waals surface area contributed by atoms with Gasteiger partial charge in [-0.25, -0.2) is 0 Å². The number of aromatic nitrogens is 1. The van der Waals surface area contributed by atoms with Crippen molar-refractivity contribution in [3.8, 4) is 16.9 Å². The lowest BCUT2D eigenvalue weighted by Crippen LogP contribution is -2.67. The van der Waals surface area contributed by atoms with E-state index in [9.17, 15) is 34.6 Å². The van der Waals surface area contributed by atoms with Crippen molar-refractivity contribution in [2.75, 3.05) is 0 Å². The number of hydrogen-bond acceptors (Lipinski definition) is 10. The van der Waals surface area contributed by atoms with Crippen LogP contribution in [-0.4, -0.2) is 48.9 Å². The van der Waals surface area contributed by atoms with Gasteiger partial charge in [0.25, 0.3) is 5.91 Å². The van der Waals surface area contributed by atoms with Gasteiger partial charge in [-0.2, -0.15) is 0 Å². The van der Waals surface area contributed by atoms with E-state index in [1.165, 1.54) is 6.07 Å². The highest BCUT2D eigenvalue weighted by atomic mass is 16.3. The zero-order chi connectivity index (χ0) is 26.9. The molecule has 190 valence electrons. The van der Waals surface area contributed by atoms with E-state index in [1.807, 2.05) is 13.0 Å². The molecule has 1 saturated carbocycles. The number of carbonyl (C=O) groups excluding carboxylic acids is 3. The summed E-state index contributed by atoms with van der Waals surface area (Å²) in [6.45, 7) is 1.97. The van der Waals surface area contributed by atoms with Crippen LogP contribution in [0, 0.1) is 10.8 Å². The summed E-state index contributed by atoms with van der Waals surface area (Å²) >= 11 is 0. The second kappa shape index (κ2) is 8.15. The Bertz CT molecular complexity index is 1490. The molecule has 3 atom stereocenters. The minimum atomic E-state index is -2.78. The molecule has 11 nitrogen and oxygen atoms in total. The summed E-state index contributed by atoms with van der Waals surface area (Å²) in [4.78, 5) is 54.4. The third kappa shape index (κ3) is 3.20. The van der Waals surface area contributed by atoms with Gasteiger partial charge in [-0.05, 0) is 53.3 Å². The number of amides is 1. The maximum absolute atomic E-state index is 13.7. The molecule has 5 rings (SSSR count). The van der Waals surface area contributed by atoms with Crippen LogP contribution in [0.3, 0.4) is 0 Å². The fourth-order valence-corrected chi connectivity index (χ4v) is 6.05. The van der Waals surface area contributed by atoms with Gasteiger partial charge in [0.15, 0.2) is 5.60 Å². The van der Waals surface area contributed by atoms with Gasteiger partial charge in [-0.1, -0.05) is 13.0 Å². The second-order valence-corrected chi connectivity index (χ2v) is 9.74. The second-order valence-electron chi connectivity index (χ2n) is 9.74. The standard InChI is InChI=1S/C26H24N4O7/c1-2-11-5-6-29-10-15(11)13-3-4-17(31)18-14(13)9-25(28)8-12-7-16(30-37)19(24(27)35)22(33)26(12,36)23(34)20(25)21(18)32/h3-6,10,12,31-32,36H,2,7-9,28H2,1H3,(H2,27,35)/t12-,25+,26-/m1/s1. The van der Waals surface area contributed by atoms with E-state index in [2.05, 4.69) is 10.2 Å². The van der Waals surface area contributed by atoms with Crippen molar-refractivity contribution in [3.63, 3.8) is 0 Å². The zero-order valence-corrected chi connectivity index (χ0v) is 19.8. The first-order valence-corrected chi connectivity index (χ1v) is 11.7. The Kier molecular flexibility index (Phi) is 5.39. The Labute approximate surface area is 210 Å². The summed E-state index contributed by atoms with van der Waals surface area (Å²) in [6.07, 6.45) is 3.38. The Balaban J connectivity index is 1.75. The summed E-state index contributed by atoms with van der Waals surface area (Å²) in [5, 5.41) is 36.2. The van der Waals surface area contributed by atoms with Crippen LogP contribution in [0.4, 0.5) is 0 Å². The number of ketones is 2. The predicted molar refractivity (Wildman–Crippen MR) is 131 cm³/mol. The van der Waals surface area contributed by atoms with Gasteiger partial charge in [0, 0.05) is 30.3 Å². The molecule has 3 aliphatic carbocycles. The maximum atomic E-state index is 13.7. The van der Waals surface area contributed by atoms with Gasteiger partial charge >= 0.3 is 0 Å². The highest BCUT2D eigenvalue weighted by Gasteiger charge is 2.65. The molecule has 7 N–H and O–H groups in total. The van der Waals surface area contributed by atoms with Gasteiger partial charge in [-0.15, -0.1) is 4.91 Å². The first-order valence-electron chi connectivity index (χ1n) is 11.7. The molecule has 0 bridgehead atoms. The molecule has 0 saturated heterocycles. The number of phenolic OH excluding ortho intramolecular Hbond substituents is 1. The Morgan fingerprint density at radius 3 is 2.57 bits per heavy atom. The maximum Gasteiger partial charge on any atom is 0.254 e. The third-order valence-electron chi connectivity index (χ3n) is 7.77. The monoisotopic (exact) mass is 504 g/mol. The number of phenols is 1. The average Bonchev–Trinajstić information content (AvgIpc) is 2.85. The van der Waals surface area contributed by atoms with Crippen LogP contribution >= 0.6 is 0 Å². The lowest BCUT2D eigenvalue weighted by molar-refractivity contribution is -0.158. The number of nitrogens with two attached hydrogens (primary N) is 2. The molecule has 1 aromatic carbocycles. The van der Waals surface area contributed by atoms with Crippen molar-refractivity contribution in [1.29, 1.82) is 0 Å². The molecule has 0 unspecified atom stereocenters. The van der Waals surface area contributed by atoms with E-state index in [4.69, 9.17) is 11.5 Å².